The van der Waals surface area contributed by atoms with Crippen LogP contribution in [0, 0.1) is 0 Å². The maximum atomic E-state index is 11.7. The predicted molar refractivity (Wildman–Crippen MR) is 67.4 cm³/mol. The molecule has 2 heterocycles. The van der Waals surface area contributed by atoms with Gasteiger partial charge < -0.3 is 10.6 Å². The molecule has 0 saturated carbocycles. The molecular formula is C13H17N3O. The smallest absolute Gasteiger partial charge is 0.322 e. The number of para-hydroxylation sites is 1. The van der Waals surface area contributed by atoms with E-state index in [4.69, 9.17) is 0 Å². The van der Waals surface area contributed by atoms with Gasteiger partial charge in [-0.15, -0.1) is 0 Å². The molecule has 17 heavy (non-hydrogen) atoms. The number of amides is 2. The fourth-order valence-electron chi connectivity index (χ4n) is 2.70. The fourth-order valence-corrected chi connectivity index (χ4v) is 2.70. The lowest BCUT2D eigenvalue weighted by Gasteiger charge is -2.21. The summed E-state index contributed by atoms with van der Waals surface area (Å²) in [6.45, 7) is 3.61. The minimum Gasteiger partial charge on any atom is -0.336 e. The molecule has 2 aliphatic heterocycles. The molecule has 90 valence electrons. The quantitative estimate of drug-likeness (QED) is 0.805. The van der Waals surface area contributed by atoms with Crippen molar-refractivity contribution in [1.29, 1.82) is 0 Å². The Hall–Kier alpha value is -1.55. The Bertz CT molecular complexity index is 426. The normalized spacial score (nSPS) is 24.1. The first-order valence-corrected chi connectivity index (χ1v) is 6.21. The van der Waals surface area contributed by atoms with Gasteiger partial charge in [0, 0.05) is 25.3 Å². The maximum absolute atomic E-state index is 11.7. The molecule has 2 amide bonds. The van der Waals surface area contributed by atoms with Gasteiger partial charge in [-0.05, 0) is 30.5 Å². The van der Waals surface area contributed by atoms with Crippen LogP contribution in [0.2, 0.25) is 0 Å². The highest BCUT2D eigenvalue weighted by Gasteiger charge is 2.26. The molecule has 3 rings (SSSR count). The van der Waals surface area contributed by atoms with Gasteiger partial charge in [-0.3, -0.25) is 4.90 Å². The van der Waals surface area contributed by atoms with Crippen LogP contribution < -0.4 is 15.5 Å². The zero-order valence-corrected chi connectivity index (χ0v) is 9.78. The molecule has 0 aliphatic carbocycles. The van der Waals surface area contributed by atoms with Gasteiger partial charge in [0.2, 0.25) is 0 Å². The first-order valence-electron chi connectivity index (χ1n) is 6.21. The average molecular weight is 231 g/mol. The largest absolute Gasteiger partial charge is 0.336 e. The lowest BCUT2D eigenvalue weighted by molar-refractivity contribution is 0.252. The number of carbonyl (C=O) groups is 1. The fraction of sp³-hybridized carbons (Fsp3) is 0.462. The summed E-state index contributed by atoms with van der Waals surface area (Å²) >= 11 is 0. The van der Waals surface area contributed by atoms with E-state index in [1.165, 1.54) is 5.56 Å². The highest BCUT2D eigenvalue weighted by atomic mass is 16.2. The molecule has 2 fully saturated rings. The van der Waals surface area contributed by atoms with E-state index in [1.54, 1.807) is 0 Å². The molecule has 0 aromatic heterocycles. The summed E-state index contributed by atoms with van der Waals surface area (Å²) in [5.74, 6) is 0.541. The van der Waals surface area contributed by atoms with Crippen LogP contribution in [0.5, 0.6) is 0 Å². The summed E-state index contributed by atoms with van der Waals surface area (Å²) in [4.78, 5) is 13.6. The van der Waals surface area contributed by atoms with Crippen LogP contribution in [-0.4, -0.2) is 32.2 Å². The lowest BCUT2D eigenvalue weighted by atomic mass is 9.96. The molecule has 0 spiro atoms. The second-order valence-electron chi connectivity index (χ2n) is 4.63. The zero-order valence-electron chi connectivity index (χ0n) is 9.78. The molecule has 0 radical (unpaired) electrons. The van der Waals surface area contributed by atoms with Crippen molar-refractivity contribution in [3.8, 4) is 0 Å². The summed E-state index contributed by atoms with van der Waals surface area (Å²) < 4.78 is 0. The minimum atomic E-state index is 0.0309. The van der Waals surface area contributed by atoms with Crippen LogP contribution in [0.1, 0.15) is 17.9 Å². The molecule has 2 aliphatic rings. The Morgan fingerprint density at radius 3 is 2.82 bits per heavy atom. The second-order valence-corrected chi connectivity index (χ2v) is 4.63. The van der Waals surface area contributed by atoms with E-state index in [2.05, 4.69) is 28.8 Å². The van der Waals surface area contributed by atoms with Crippen LogP contribution in [0.3, 0.4) is 0 Å². The third-order valence-corrected chi connectivity index (χ3v) is 3.58. The number of hydrogen-bond donors (Lipinski definition) is 2. The van der Waals surface area contributed by atoms with E-state index >= 15 is 0 Å². The second kappa shape index (κ2) is 4.37. The summed E-state index contributed by atoms with van der Waals surface area (Å²) in [7, 11) is 0. The third kappa shape index (κ3) is 1.89. The van der Waals surface area contributed by atoms with Crippen molar-refractivity contribution in [2.75, 3.05) is 31.1 Å². The number of rotatable bonds is 2. The van der Waals surface area contributed by atoms with Gasteiger partial charge in [0.05, 0.1) is 0 Å². The van der Waals surface area contributed by atoms with Gasteiger partial charge >= 0.3 is 6.03 Å². The number of benzene rings is 1. The first kappa shape index (κ1) is 10.6. The maximum Gasteiger partial charge on any atom is 0.322 e. The van der Waals surface area contributed by atoms with E-state index in [0.29, 0.717) is 5.92 Å². The third-order valence-electron chi connectivity index (χ3n) is 3.58. The molecule has 2 N–H and O–H groups in total. The van der Waals surface area contributed by atoms with E-state index in [-0.39, 0.29) is 6.03 Å². The SMILES string of the molecule is O=C1NCCN1c1ccccc1C1CCNC1. The van der Waals surface area contributed by atoms with E-state index in [1.807, 2.05) is 11.0 Å². The molecule has 1 atom stereocenters. The monoisotopic (exact) mass is 231 g/mol. The number of urea groups is 1. The van der Waals surface area contributed by atoms with Crippen molar-refractivity contribution in [1.82, 2.24) is 10.6 Å². The average Bonchev–Trinajstić information content (AvgIpc) is 3.00. The van der Waals surface area contributed by atoms with Crippen molar-refractivity contribution in [3.63, 3.8) is 0 Å². The first-order chi connectivity index (χ1) is 8.36. The van der Waals surface area contributed by atoms with Crippen LogP contribution in [-0.2, 0) is 0 Å². The summed E-state index contributed by atoms with van der Waals surface area (Å²) in [6.07, 6.45) is 1.16. The number of anilines is 1. The van der Waals surface area contributed by atoms with Crippen LogP contribution in [0.4, 0.5) is 10.5 Å². The summed E-state index contributed by atoms with van der Waals surface area (Å²) in [5.41, 5.74) is 2.38. The van der Waals surface area contributed by atoms with Gasteiger partial charge in [-0.2, -0.15) is 0 Å². The highest BCUT2D eigenvalue weighted by molar-refractivity contribution is 5.94. The van der Waals surface area contributed by atoms with Crippen molar-refractivity contribution >= 4 is 11.7 Å². The van der Waals surface area contributed by atoms with Gasteiger partial charge in [0.25, 0.3) is 0 Å². The molecule has 4 nitrogen and oxygen atoms in total. The minimum absolute atomic E-state index is 0.0309. The van der Waals surface area contributed by atoms with E-state index in [0.717, 1.165) is 38.3 Å². The van der Waals surface area contributed by atoms with Gasteiger partial charge in [-0.25, -0.2) is 4.79 Å². The van der Waals surface area contributed by atoms with Crippen molar-refractivity contribution in [2.45, 2.75) is 12.3 Å². The molecule has 4 heteroatoms. The van der Waals surface area contributed by atoms with Crippen molar-refractivity contribution < 1.29 is 4.79 Å². The standard InChI is InChI=1S/C13H17N3O/c17-13-15-7-8-16(13)12-4-2-1-3-11(12)10-5-6-14-9-10/h1-4,10,14H,5-9H2,(H,15,17). The van der Waals surface area contributed by atoms with Crippen LogP contribution in [0.15, 0.2) is 24.3 Å². The molecule has 0 bridgehead atoms. The lowest BCUT2D eigenvalue weighted by Crippen LogP contribution is -2.29. The van der Waals surface area contributed by atoms with Gasteiger partial charge in [0.1, 0.15) is 0 Å². The highest BCUT2D eigenvalue weighted by Crippen LogP contribution is 2.31. The van der Waals surface area contributed by atoms with E-state index < -0.39 is 0 Å². The van der Waals surface area contributed by atoms with Crippen molar-refractivity contribution in [2.24, 2.45) is 0 Å². The number of hydrogen-bond acceptors (Lipinski definition) is 2. The summed E-state index contributed by atoms with van der Waals surface area (Å²) in [6, 6.07) is 8.30. The van der Waals surface area contributed by atoms with Crippen molar-refractivity contribution in [3.05, 3.63) is 29.8 Å². The Morgan fingerprint density at radius 1 is 1.24 bits per heavy atom. The topological polar surface area (TPSA) is 44.4 Å². The molecule has 1 aromatic carbocycles. The van der Waals surface area contributed by atoms with E-state index in [9.17, 15) is 4.79 Å². The predicted octanol–water partition coefficient (Wildman–Crippen LogP) is 1.29. The number of nitrogens with one attached hydrogen (secondary N) is 2. The van der Waals surface area contributed by atoms with Crippen LogP contribution >= 0.6 is 0 Å². The zero-order chi connectivity index (χ0) is 11.7. The summed E-state index contributed by atoms with van der Waals surface area (Å²) in [5, 5.41) is 6.24. The Kier molecular flexibility index (Phi) is 2.73. The Labute approximate surface area is 101 Å². The van der Waals surface area contributed by atoms with Crippen LogP contribution in [0.25, 0.3) is 0 Å². The number of carbonyl (C=O) groups excluding carboxylic acids is 1. The Balaban J connectivity index is 1.95. The number of nitrogens with zero attached hydrogens (tertiary/aromatic N) is 1. The van der Waals surface area contributed by atoms with Gasteiger partial charge in [0.15, 0.2) is 0 Å². The Morgan fingerprint density at radius 2 is 2.12 bits per heavy atom. The molecule has 2 saturated heterocycles. The molecule has 1 aromatic rings. The van der Waals surface area contributed by atoms with Gasteiger partial charge in [-0.1, -0.05) is 18.2 Å². The molecular weight excluding hydrogens is 214 g/mol. The molecule has 1 unspecified atom stereocenters.